The first-order valence-electron chi connectivity index (χ1n) is 10.9. The Morgan fingerprint density at radius 2 is 1.57 bits per heavy atom. The van der Waals surface area contributed by atoms with E-state index < -0.39 is 11.2 Å². The maximum absolute atomic E-state index is 13.5. The zero-order valence-corrected chi connectivity index (χ0v) is 22.6. The van der Waals surface area contributed by atoms with Gasteiger partial charge in [0.2, 0.25) is 5.91 Å². The van der Waals surface area contributed by atoms with Crippen molar-refractivity contribution in [1.29, 1.82) is 5.26 Å². The van der Waals surface area contributed by atoms with Crippen molar-refractivity contribution < 1.29 is 9.59 Å². The summed E-state index contributed by atoms with van der Waals surface area (Å²) in [5, 5.41) is 12.7. The molecule has 2 amide bonds. The number of hydrogen-bond donors (Lipinski definition) is 1. The van der Waals surface area contributed by atoms with E-state index in [1.807, 2.05) is 66.7 Å². The topological polar surface area (TPSA) is 73.2 Å². The summed E-state index contributed by atoms with van der Waals surface area (Å²) in [5.74, 6) is -0.634. The van der Waals surface area contributed by atoms with Crippen molar-refractivity contribution in [3.8, 4) is 6.07 Å². The van der Waals surface area contributed by atoms with Gasteiger partial charge < -0.3 is 5.32 Å². The first kappa shape index (κ1) is 25.2. The molecule has 0 bridgehead atoms. The second-order valence-electron chi connectivity index (χ2n) is 7.87. The van der Waals surface area contributed by atoms with E-state index in [0.717, 1.165) is 20.1 Å². The number of amides is 2. The van der Waals surface area contributed by atoms with Crippen molar-refractivity contribution in [2.24, 2.45) is 0 Å². The third-order valence-electron chi connectivity index (χ3n) is 5.47. The van der Waals surface area contributed by atoms with Crippen LogP contribution in [0.3, 0.4) is 0 Å². The van der Waals surface area contributed by atoms with Gasteiger partial charge in [0, 0.05) is 21.2 Å². The van der Waals surface area contributed by atoms with Crippen molar-refractivity contribution >= 4 is 61.1 Å². The number of thioether (sulfide) groups is 1. The molecule has 1 aliphatic heterocycles. The Kier molecular flexibility index (Phi) is 8.45. The molecule has 3 aromatic rings. The van der Waals surface area contributed by atoms with Crippen LogP contribution in [0.15, 0.2) is 98.4 Å². The van der Waals surface area contributed by atoms with Crippen LogP contribution in [0.25, 0.3) is 0 Å². The smallest absolute Gasteiger partial charge is 0.264 e. The van der Waals surface area contributed by atoms with Gasteiger partial charge in [0.05, 0.1) is 5.25 Å². The third kappa shape index (κ3) is 6.23. The number of rotatable bonds is 7. The summed E-state index contributed by atoms with van der Waals surface area (Å²) >= 11 is 8.12. The lowest BCUT2D eigenvalue weighted by molar-refractivity contribution is -0.117. The molecule has 176 valence electrons. The minimum absolute atomic E-state index is 0.0577. The monoisotopic (exact) mass is 609 g/mol. The van der Waals surface area contributed by atoms with Crippen molar-refractivity contribution in [3.63, 3.8) is 0 Å². The van der Waals surface area contributed by atoms with Gasteiger partial charge in [-0.2, -0.15) is 5.26 Å². The highest BCUT2D eigenvalue weighted by Crippen LogP contribution is 2.42. The number of nitrogens with one attached hydrogen (secondary N) is 1. The number of benzene rings is 3. The van der Waals surface area contributed by atoms with E-state index in [1.165, 1.54) is 16.7 Å². The highest BCUT2D eigenvalue weighted by atomic mass is 79.9. The van der Waals surface area contributed by atoms with E-state index in [2.05, 4.69) is 43.2 Å². The average molecular weight is 611 g/mol. The molecule has 1 N–H and O–H groups in total. The fourth-order valence-corrected chi connectivity index (χ4v) is 5.54. The van der Waals surface area contributed by atoms with Crippen molar-refractivity contribution in [2.45, 2.75) is 18.1 Å². The Morgan fingerprint density at radius 3 is 2.20 bits per heavy atom. The van der Waals surface area contributed by atoms with Crippen molar-refractivity contribution in [3.05, 3.63) is 110 Å². The van der Waals surface area contributed by atoms with Crippen LogP contribution in [0.2, 0.25) is 0 Å². The molecule has 0 radical (unpaired) electrons. The number of nitriles is 1. The summed E-state index contributed by atoms with van der Waals surface area (Å²) in [6.45, 7) is 0.389. The van der Waals surface area contributed by atoms with Gasteiger partial charge in [-0.15, -0.1) is 0 Å². The zero-order chi connectivity index (χ0) is 24.8. The van der Waals surface area contributed by atoms with Crippen LogP contribution in [0.5, 0.6) is 0 Å². The summed E-state index contributed by atoms with van der Waals surface area (Å²) in [7, 11) is 0. The summed E-state index contributed by atoms with van der Waals surface area (Å²) in [6, 6.07) is 26.9. The minimum Gasteiger partial charge on any atom is -0.351 e. The molecular formula is C27H21Br2N3O2S. The maximum atomic E-state index is 13.5. The van der Waals surface area contributed by atoms with Gasteiger partial charge in [0.1, 0.15) is 16.7 Å². The molecular weight excluding hydrogens is 590 g/mol. The van der Waals surface area contributed by atoms with E-state index in [1.54, 1.807) is 12.1 Å². The molecule has 1 fully saturated rings. The first-order chi connectivity index (χ1) is 17.0. The van der Waals surface area contributed by atoms with Gasteiger partial charge >= 0.3 is 0 Å². The molecule has 0 saturated carbocycles. The first-order valence-corrected chi connectivity index (χ1v) is 13.4. The number of carbonyl (C=O) groups excluding carboxylic acids is 2. The predicted molar refractivity (Wildman–Crippen MR) is 147 cm³/mol. The summed E-state index contributed by atoms with van der Waals surface area (Å²) in [4.78, 5) is 28.1. The lowest BCUT2D eigenvalue weighted by Gasteiger charge is -2.19. The van der Waals surface area contributed by atoms with Gasteiger partial charge in [-0.1, -0.05) is 86.1 Å². The molecule has 0 aromatic heterocycles. The minimum atomic E-state index is -0.481. The molecule has 4 rings (SSSR count). The van der Waals surface area contributed by atoms with Crippen LogP contribution in [-0.2, 0) is 22.4 Å². The van der Waals surface area contributed by atoms with E-state index >= 15 is 0 Å². The third-order valence-corrected chi connectivity index (χ3v) is 7.79. The van der Waals surface area contributed by atoms with Crippen LogP contribution in [0.4, 0.5) is 5.69 Å². The Balaban J connectivity index is 1.61. The number of nitrogens with zero attached hydrogens (tertiary/aromatic N) is 2. The zero-order valence-electron chi connectivity index (χ0n) is 18.6. The van der Waals surface area contributed by atoms with Crippen molar-refractivity contribution in [2.75, 3.05) is 11.4 Å². The highest BCUT2D eigenvalue weighted by Gasteiger charge is 2.40. The van der Waals surface area contributed by atoms with E-state index in [0.29, 0.717) is 30.1 Å². The molecule has 1 atom stereocenters. The van der Waals surface area contributed by atoms with Crippen LogP contribution in [0.1, 0.15) is 11.1 Å². The normalized spacial score (nSPS) is 16.7. The summed E-state index contributed by atoms with van der Waals surface area (Å²) < 4.78 is 1.83. The van der Waals surface area contributed by atoms with Crippen LogP contribution in [-0.4, -0.2) is 23.6 Å². The standard InChI is InChI=1S/C27H21Br2N3O2S/c28-20-8-6-19(7-9-20)16-24-26(34)32(22-12-10-21(29)11-13-22)27(35-24)23(17-30)25(33)31-15-14-18-4-2-1-3-5-18/h1-13,24H,14-16H2,(H,31,33)/b27-23-/t24-/m1/s1. The molecule has 3 aromatic carbocycles. The highest BCUT2D eigenvalue weighted by molar-refractivity contribution is 9.10. The van der Waals surface area contributed by atoms with Crippen LogP contribution < -0.4 is 10.2 Å². The van der Waals surface area contributed by atoms with Gasteiger partial charge in [0.25, 0.3) is 5.91 Å². The van der Waals surface area contributed by atoms with Gasteiger partial charge in [0.15, 0.2) is 0 Å². The molecule has 0 spiro atoms. The molecule has 35 heavy (non-hydrogen) atoms. The Bertz CT molecular complexity index is 1290. The summed E-state index contributed by atoms with van der Waals surface area (Å²) in [6.07, 6.45) is 1.14. The van der Waals surface area contributed by atoms with E-state index in [-0.39, 0.29) is 11.5 Å². The Hall–Kier alpha value is -2.86. The lowest BCUT2D eigenvalue weighted by atomic mass is 10.1. The fraction of sp³-hybridized carbons (Fsp3) is 0.148. The van der Waals surface area contributed by atoms with Crippen LogP contribution in [0, 0.1) is 11.3 Å². The fourth-order valence-electron chi connectivity index (χ4n) is 3.70. The SMILES string of the molecule is N#C/C(C(=O)NCCc1ccccc1)=C1/S[C@H](Cc2ccc(Br)cc2)C(=O)N1c1ccc(Br)cc1. The van der Waals surface area contributed by atoms with E-state index in [4.69, 9.17) is 0 Å². The lowest BCUT2D eigenvalue weighted by Crippen LogP contribution is -2.32. The van der Waals surface area contributed by atoms with Gasteiger partial charge in [-0.3, -0.25) is 14.5 Å². The Labute approximate surface area is 225 Å². The number of carbonyl (C=O) groups is 2. The van der Waals surface area contributed by atoms with Crippen LogP contribution >= 0.6 is 43.6 Å². The summed E-state index contributed by atoms with van der Waals surface area (Å²) in [5.41, 5.74) is 2.65. The maximum Gasteiger partial charge on any atom is 0.264 e. The quantitative estimate of drug-likeness (QED) is 0.263. The van der Waals surface area contributed by atoms with Gasteiger partial charge in [-0.05, 0) is 60.4 Å². The number of anilines is 1. The Morgan fingerprint density at radius 1 is 0.943 bits per heavy atom. The molecule has 8 heteroatoms. The second kappa shape index (κ2) is 11.7. The molecule has 1 heterocycles. The van der Waals surface area contributed by atoms with E-state index in [9.17, 15) is 14.9 Å². The molecule has 1 saturated heterocycles. The number of hydrogen-bond acceptors (Lipinski definition) is 4. The van der Waals surface area contributed by atoms with Gasteiger partial charge in [-0.25, -0.2) is 0 Å². The largest absolute Gasteiger partial charge is 0.351 e. The predicted octanol–water partition coefficient (Wildman–Crippen LogP) is 6.00. The van der Waals surface area contributed by atoms with Crippen molar-refractivity contribution in [1.82, 2.24) is 5.32 Å². The molecule has 1 aliphatic rings. The molecule has 5 nitrogen and oxygen atoms in total. The second-order valence-corrected chi connectivity index (χ2v) is 10.9. The molecule has 0 aliphatic carbocycles. The average Bonchev–Trinajstić information content (AvgIpc) is 3.17. The molecule has 0 unspecified atom stereocenters. The number of halogens is 2.